The van der Waals surface area contributed by atoms with Crippen LogP contribution in [0.1, 0.15) is 6.92 Å². The van der Waals surface area contributed by atoms with Crippen LogP contribution in [0.25, 0.3) is 10.9 Å². The van der Waals surface area contributed by atoms with Crippen molar-refractivity contribution in [2.24, 2.45) is 0 Å². The lowest BCUT2D eigenvalue weighted by atomic mass is 10.2. The minimum absolute atomic E-state index is 0.0598. The van der Waals surface area contributed by atoms with E-state index in [9.17, 15) is 9.59 Å². The molecule has 0 unspecified atom stereocenters. The van der Waals surface area contributed by atoms with E-state index in [0.29, 0.717) is 36.1 Å². The van der Waals surface area contributed by atoms with E-state index < -0.39 is 0 Å². The van der Waals surface area contributed by atoms with Crippen molar-refractivity contribution in [2.75, 3.05) is 41.4 Å². The number of nitrogens with zero attached hydrogens (tertiary/aromatic N) is 4. The summed E-state index contributed by atoms with van der Waals surface area (Å²) in [6, 6.07) is 13.4. The Kier molecular flexibility index (Phi) is 9.00. The predicted molar refractivity (Wildman–Crippen MR) is 144 cm³/mol. The molecule has 3 rings (SSSR count). The Hall–Kier alpha value is -2.05. The van der Waals surface area contributed by atoms with Crippen LogP contribution in [0.3, 0.4) is 0 Å². The van der Waals surface area contributed by atoms with Crippen LogP contribution in [-0.4, -0.2) is 57.8 Å². The quantitative estimate of drug-likeness (QED) is 0.263. The standard InChI is InChI=1S/C22H24IN5O2S2/c1-15(29)28(13-21(30)27(7-9-31)8-10-32)18-5-6-20-19(12-18)22(25-14-24-20)26-17-4-2-3-16(23)11-17/h2-6,11-12,14,31-32H,7-10,13H2,1H3,(H,24,25,26). The lowest BCUT2D eigenvalue weighted by Gasteiger charge is -2.26. The van der Waals surface area contributed by atoms with Gasteiger partial charge in [0.05, 0.1) is 5.52 Å². The summed E-state index contributed by atoms with van der Waals surface area (Å²) < 4.78 is 1.10. The number of carbonyl (C=O) groups excluding carboxylic acids is 2. The summed E-state index contributed by atoms with van der Waals surface area (Å²) >= 11 is 10.7. The van der Waals surface area contributed by atoms with Crippen LogP contribution in [0.4, 0.5) is 17.2 Å². The SMILES string of the molecule is CC(=O)N(CC(=O)N(CCS)CCS)c1ccc2ncnc(Nc3cccc(I)c3)c2c1. The van der Waals surface area contributed by atoms with E-state index in [1.165, 1.54) is 18.2 Å². The molecule has 2 amide bonds. The van der Waals surface area contributed by atoms with Gasteiger partial charge in [-0.2, -0.15) is 25.3 Å². The number of halogens is 1. The number of fused-ring (bicyclic) bond motifs is 1. The van der Waals surface area contributed by atoms with Crippen molar-refractivity contribution in [2.45, 2.75) is 6.92 Å². The molecule has 0 aliphatic rings. The molecule has 0 aliphatic carbocycles. The number of carbonyl (C=O) groups is 2. The smallest absolute Gasteiger partial charge is 0.242 e. The van der Waals surface area contributed by atoms with Crippen molar-refractivity contribution in [3.63, 3.8) is 0 Å². The van der Waals surface area contributed by atoms with Crippen LogP contribution in [0.2, 0.25) is 0 Å². The maximum absolute atomic E-state index is 12.8. The largest absolute Gasteiger partial charge is 0.340 e. The van der Waals surface area contributed by atoms with E-state index >= 15 is 0 Å². The molecule has 10 heteroatoms. The maximum atomic E-state index is 12.8. The first-order valence-electron chi connectivity index (χ1n) is 9.98. The summed E-state index contributed by atoms with van der Waals surface area (Å²) in [7, 11) is 0. The summed E-state index contributed by atoms with van der Waals surface area (Å²) in [6.45, 7) is 2.40. The fraction of sp³-hybridized carbons (Fsp3) is 0.273. The van der Waals surface area contributed by atoms with Gasteiger partial charge in [0.2, 0.25) is 11.8 Å². The number of nitrogens with one attached hydrogen (secondary N) is 1. The highest BCUT2D eigenvalue weighted by Crippen LogP contribution is 2.28. The molecule has 0 saturated carbocycles. The first kappa shape index (κ1) is 24.6. The fourth-order valence-electron chi connectivity index (χ4n) is 3.24. The van der Waals surface area contributed by atoms with E-state index in [2.05, 4.69) is 63.1 Å². The molecule has 0 bridgehead atoms. The van der Waals surface area contributed by atoms with E-state index in [-0.39, 0.29) is 18.4 Å². The number of rotatable bonds is 9. The highest BCUT2D eigenvalue weighted by atomic mass is 127. The second kappa shape index (κ2) is 11.7. The maximum Gasteiger partial charge on any atom is 0.242 e. The Labute approximate surface area is 211 Å². The van der Waals surface area contributed by atoms with E-state index in [0.717, 1.165) is 20.2 Å². The number of hydrogen-bond donors (Lipinski definition) is 3. The third-order valence-corrected chi connectivity index (χ3v) is 5.85. The van der Waals surface area contributed by atoms with Crippen molar-refractivity contribution in [3.8, 4) is 0 Å². The first-order valence-corrected chi connectivity index (χ1v) is 12.3. The molecule has 0 spiro atoms. The van der Waals surface area contributed by atoms with Crippen molar-refractivity contribution in [3.05, 3.63) is 52.4 Å². The number of amides is 2. The number of benzene rings is 2. The first-order chi connectivity index (χ1) is 15.4. The third-order valence-electron chi connectivity index (χ3n) is 4.78. The predicted octanol–water partition coefficient (Wildman–Crippen LogP) is 4.02. The Morgan fingerprint density at radius 2 is 1.81 bits per heavy atom. The molecule has 0 saturated heterocycles. The van der Waals surface area contributed by atoms with E-state index in [4.69, 9.17) is 0 Å². The molecule has 0 aliphatic heterocycles. The molecule has 1 N–H and O–H groups in total. The van der Waals surface area contributed by atoms with Crippen LogP contribution in [-0.2, 0) is 9.59 Å². The van der Waals surface area contributed by atoms with Crippen LogP contribution in [0.5, 0.6) is 0 Å². The third kappa shape index (κ3) is 6.26. The normalized spacial score (nSPS) is 10.8. The molecule has 0 fully saturated rings. The van der Waals surface area contributed by atoms with Gasteiger partial charge in [0, 0.05) is 51.9 Å². The molecule has 168 valence electrons. The summed E-state index contributed by atoms with van der Waals surface area (Å²) in [5.74, 6) is 1.34. The zero-order valence-corrected chi connectivity index (χ0v) is 21.5. The Morgan fingerprint density at radius 3 is 2.47 bits per heavy atom. The van der Waals surface area contributed by atoms with Crippen molar-refractivity contribution in [1.29, 1.82) is 0 Å². The van der Waals surface area contributed by atoms with Gasteiger partial charge in [0.15, 0.2) is 0 Å². The zero-order valence-electron chi connectivity index (χ0n) is 17.5. The van der Waals surface area contributed by atoms with Gasteiger partial charge in [-0.05, 0) is 59.0 Å². The number of anilines is 3. The minimum Gasteiger partial charge on any atom is -0.340 e. The molecule has 0 atom stereocenters. The Balaban J connectivity index is 1.93. The second-order valence-electron chi connectivity index (χ2n) is 6.99. The lowest BCUT2D eigenvalue weighted by Crippen LogP contribution is -2.43. The summed E-state index contributed by atoms with van der Waals surface area (Å²) in [5, 5.41) is 4.08. The van der Waals surface area contributed by atoms with E-state index in [1.54, 1.807) is 11.0 Å². The molecule has 7 nitrogen and oxygen atoms in total. The van der Waals surface area contributed by atoms with Crippen LogP contribution in [0, 0.1) is 3.57 Å². The average molecular weight is 582 g/mol. The van der Waals surface area contributed by atoms with Gasteiger partial charge in [0.1, 0.15) is 18.7 Å². The highest BCUT2D eigenvalue weighted by molar-refractivity contribution is 14.1. The molecule has 2 aromatic carbocycles. The molecule has 3 aromatic rings. The summed E-state index contributed by atoms with van der Waals surface area (Å²) in [6.07, 6.45) is 1.50. The van der Waals surface area contributed by atoms with Gasteiger partial charge in [-0.25, -0.2) is 9.97 Å². The second-order valence-corrected chi connectivity index (χ2v) is 9.13. The van der Waals surface area contributed by atoms with Gasteiger partial charge in [0.25, 0.3) is 0 Å². The van der Waals surface area contributed by atoms with Gasteiger partial charge in [-0.3, -0.25) is 9.59 Å². The van der Waals surface area contributed by atoms with E-state index in [1.807, 2.05) is 36.4 Å². The van der Waals surface area contributed by atoms with Crippen molar-refractivity contribution < 1.29 is 9.59 Å². The van der Waals surface area contributed by atoms with Crippen molar-refractivity contribution in [1.82, 2.24) is 14.9 Å². The highest BCUT2D eigenvalue weighted by Gasteiger charge is 2.21. The monoisotopic (exact) mass is 581 g/mol. The molecule has 32 heavy (non-hydrogen) atoms. The Bertz CT molecular complexity index is 1110. The van der Waals surface area contributed by atoms with Gasteiger partial charge in [-0.1, -0.05) is 6.07 Å². The van der Waals surface area contributed by atoms with Gasteiger partial charge in [-0.15, -0.1) is 0 Å². The molecular formula is C22H24IN5O2S2. The van der Waals surface area contributed by atoms with Crippen LogP contribution < -0.4 is 10.2 Å². The Morgan fingerprint density at radius 1 is 1.06 bits per heavy atom. The number of hydrogen-bond acceptors (Lipinski definition) is 7. The van der Waals surface area contributed by atoms with Gasteiger partial charge >= 0.3 is 0 Å². The topological polar surface area (TPSA) is 78.4 Å². The molecule has 0 radical (unpaired) electrons. The molecular weight excluding hydrogens is 557 g/mol. The summed E-state index contributed by atoms with van der Waals surface area (Å²) in [5.41, 5.74) is 2.24. The number of thiol groups is 2. The average Bonchev–Trinajstić information content (AvgIpc) is 2.77. The lowest BCUT2D eigenvalue weighted by molar-refractivity contribution is -0.130. The zero-order chi connectivity index (χ0) is 23.1. The van der Waals surface area contributed by atoms with Crippen LogP contribution in [0.15, 0.2) is 48.8 Å². The number of aromatic nitrogens is 2. The summed E-state index contributed by atoms with van der Waals surface area (Å²) in [4.78, 5) is 37.2. The van der Waals surface area contributed by atoms with Crippen LogP contribution >= 0.6 is 47.8 Å². The molecule has 1 heterocycles. The molecule has 1 aromatic heterocycles. The van der Waals surface area contributed by atoms with Crippen molar-refractivity contribution >= 4 is 87.8 Å². The minimum atomic E-state index is -0.224. The van der Waals surface area contributed by atoms with Gasteiger partial charge < -0.3 is 15.1 Å². The fourth-order valence-corrected chi connectivity index (χ4v) is 4.26.